The number of carbonyl (C=O) groups is 2. The Hall–Kier alpha value is -3.60. The van der Waals surface area contributed by atoms with E-state index in [1.165, 1.54) is 17.2 Å². The molecule has 1 aliphatic heterocycles. The van der Waals surface area contributed by atoms with Crippen molar-refractivity contribution in [1.29, 1.82) is 0 Å². The zero-order valence-electron chi connectivity index (χ0n) is 14.6. The number of carbonyl (C=O) groups excluding carboxylic acids is 2. The number of aliphatic hydroxyl groups excluding tert-OH is 1. The molecule has 1 atom stereocenters. The number of nitrogens with zero attached hydrogens (tertiary/aromatic N) is 1. The molecule has 134 valence electrons. The Morgan fingerprint density at radius 1 is 1.00 bits per heavy atom. The molecule has 27 heavy (non-hydrogen) atoms. The number of Topliss-reactive ketones (excluding diaryl/α,β-unsaturated/α-hetero) is 1. The summed E-state index contributed by atoms with van der Waals surface area (Å²) in [6.07, 6.45) is 1.39. The number of benzene rings is 2. The summed E-state index contributed by atoms with van der Waals surface area (Å²) in [7, 11) is 0. The number of aliphatic hydroxyl groups is 1. The normalized spacial score (nSPS) is 16.9. The molecule has 1 aromatic heterocycles. The molecule has 1 aliphatic rings. The fourth-order valence-electron chi connectivity index (χ4n) is 3.41. The molecule has 0 aliphatic carbocycles. The fourth-order valence-corrected chi connectivity index (χ4v) is 3.41. The van der Waals surface area contributed by atoms with Gasteiger partial charge in [0.1, 0.15) is 0 Å². The van der Waals surface area contributed by atoms with Gasteiger partial charge >= 0.3 is 0 Å². The molecule has 1 N–H and O–H groups in total. The number of furan rings is 1. The molecule has 0 saturated carbocycles. The predicted molar refractivity (Wildman–Crippen MR) is 101 cm³/mol. The maximum Gasteiger partial charge on any atom is 0.294 e. The molecule has 0 bridgehead atoms. The molecule has 0 saturated heterocycles. The van der Waals surface area contributed by atoms with Gasteiger partial charge in [0.15, 0.2) is 11.5 Å². The van der Waals surface area contributed by atoms with Gasteiger partial charge in [0, 0.05) is 5.69 Å². The third kappa shape index (κ3) is 2.73. The first-order valence-corrected chi connectivity index (χ1v) is 8.55. The minimum Gasteiger partial charge on any atom is -0.503 e. The Morgan fingerprint density at radius 2 is 1.70 bits per heavy atom. The molecule has 1 amide bonds. The van der Waals surface area contributed by atoms with Crippen LogP contribution >= 0.6 is 0 Å². The minimum atomic E-state index is -0.739. The second-order valence-electron chi connectivity index (χ2n) is 6.34. The average molecular weight is 359 g/mol. The van der Waals surface area contributed by atoms with Crippen LogP contribution in [0.2, 0.25) is 0 Å². The highest BCUT2D eigenvalue weighted by Gasteiger charge is 2.45. The molecule has 1 unspecified atom stereocenters. The van der Waals surface area contributed by atoms with Crippen molar-refractivity contribution in [2.24, 2.45) is 0 Å². The van der Waals surface area contributed by atoms with E-state index in [4.69, 9.17) is 4.42 Å². The summed E-state index contributed by atoms with van der Waals surface area (Å²) in [5, 5.41) is 10.6. The van der Waals surface area contributed by atoms with Crippen molar-refractivity contribution in [2.45, 2.75) is 13.0 Å². The third-order valence-corrected chi connectivity index (χ3v) is 4.69. The summed E-state index contributed by atoms with van der Waals surface area (Å²) >= 11 is 0. The van der Waals surface area contributed by atoms with Gasteiger partial charge in [-0.25, -0.2) is 0 Å². The van der Waals surface area contributed by atoms with Crippen LogP contribution in [0.25, 0.3) is 0 Å². The van der Waals surface area contributed by atoms with Gasteiger partial charge in [0.2, 0.25) is 5.78 Å². The number of ketones is 1. The summed E-state index contributed by atoms with van der Waals surface area (Å²) in [6, 6.07) is 18.9. The van der Waals surface area contributed by atoms with Crippen LogP contribution in [0, 0.1) is 6.92 Å². The summed E-state index contributed by atoms with van der Waals surface area (Å²) in [5.41, 5.74) is 2.26. The highest BCUT2D eigenvalue weighted by atomic mass is 16.3. The Morgan fingerprint density at radius 3 is 2.37 bits per heavy atom. The van der Waals surface area contributed by atoms with Crippen molar-refractivity contribution in [3.05, 3.63) is 101 Å². The molecular weight excluding hydrogens is 342 g/mol. The zero-order chi connectivity index (χ0) is 19.0. The van der Waals surface area contributed by atoms with E-state index in [2.05, 4.69) is 0 Å². The first-order chi connectivity index (χ1) is 13.1. The second-order valence-corrected chi connectivity index (χ2v) is 6.34. The third-order valence-electron chi connectivity index (χ3n) is 4.69. The van der Waals surface area contributed by atoms with Gasteiger partial charge < -0.3 is 9.52 Å². The second kappa shape index (κ2) is 6.61. The molecule has 0 radical (unpaired) electrons. The number of para-hydroxylation sites is 1. The lowest BCUT2D eigenvalue weighted by Gasteiger charge is -2.28. The molecule has 5 heteroatoms. The lowest BCUT2D eigenvalue weighted by molar-refractivity contribution is -0.117. The summed E-state index contributed by atoms with van der Waals surface area (Å²) in [5.74, 6) is -1.57. The Balaban J connectivity index is 1.91. The topological polar surface area (TPSA) is 70.8 Å². The lowest BCUT2D eigenvalue weighted by atomic mass is 9.94. The molecule has 2 aromatic carbocycles. The highest BCUT2D eigenvalue weighted by Crippen LogP contribution is 2.42. The average Bonchev–Trinajstić information content (AvgIpc) is 3.31. The number of aryl methyl sites for hydroxylation is 1. The first kappa shape index (κ1) is 16.8. The van der Waals surface area contributed by atoms with Crippen LogP contribution in [0.3, 0.4) is 0 Å². The van der Waals surface area contributed by atoms with Crippen LogP contribution < -0.4 is 4.90 Å². The molecule has 3 aromatic rings. The van der Waals surface area contributed by atoms with Crippen molar-refractivity contribution in [1.82, 2.24) is 0 Å². The van der Waals surface area contributed by atoms with Crippen LogP contribution in [0.15, 0.2) is 88.7 Å². The Kier molecular flexibility index (Phi) is 4.12. The van der Waals surface area contributed by atoms with E-state index in [1.54, 1.807) is 12.1 Å². The number of amides is 1. The van der Waals surface area contributed by atoms with Crippen LogP contribution in [0.4, 0.5) is 5.69 Å². The van der Waals surface area contributed by atoms with E-state index in [9.17, 15) is 14.7 Å². The van der Waals surface area contributed by atoms with Crippen molar-refractivity contribution in [3.8, 4) is 0 Å². The smallest absolute Gasteiger partial charge is 0.294 e. The van der Waals surface area contributed by atoms with Crippen molar-refractivity contribution >= 4 is 17.4 Å². The van der Waals surface area contributed by atoms with E-state index in [0.717, 1.165) is 11.1 Å². The van der Waals surface area contributed by atoms with E-state index >= 15 is 0 Å². The lowest BCUT2D eigenvalue weighted by Crippen LogP contribution is -2.31. The molecule has 0 fully saturated rings. The van der Waals surface area contributed by atoms with Gasteiger partial charge in [-0.1, -0.05) is 48.5 Å². The number of anilines is 1. The maximum absolute atomic E-state index is 13.0. The fraction of sp³-hybridized carbons (Fsp3) is 0.0909. The van der Waals surface area contributed by atoms with Crippen molar-refractivity contribution < 1.29 is 19.1 Å². The standard InChI is InChI=1S/C22H17NO4/c1-14-8-5-6-11-16(14)23-19(15-9-3-2-4-10-15)18(21(25)22(23)26)20(24)17-12-7-13-27-17/h2-13,19,25H,1H3. The van der Waals surface area contributed by atoms with E-state index in [1.807, 2.05) is 55.5 Å². The number of hydrogen-bond donors (Lipinski definition) is 1. The highest BCUT2D eigenvalue weighted by molar-refractivity contribution is 6.20. The van der Waals surface area contributed by atoms with Gasteiger partial charge in [-0.05, 0) is 36.2 Å². The monoisotopic (exact) mass is 359 g/mol. The summed E-state index contributed by atoms with van der Waals surface area (Å²) in [6.45, 7) is 1.88. The molecular formula is C22H17NO4. The van der Waals surface area contributed by atoms with E-state index < -0.39 is 23.5 Å². The maximum atomic E-state index is 13.0. The van der Waals surface area contributed by atoms with Gasteiger partial charge in [0.25, 0.3) is 5.91 Å². The zero-order valence-corrected chi connectivity index (χ0v) is 14.6. The largest absolute Gasteiger partial charge is 0.503 e. The first-order valence-electron chi connectivity index (χ1n) is 8.55. The predicted octanol–water partition coefficient (Wildman–Crippen LogP) is 4.37. The molecule has 0 spiro atoms. The minimum absolute atomic E-state index is 0.0180. The summed E-state index contributed by atoms with van der Waals surface area (Å²) in [4.78, 5) is 27.4. The Labute approximate surface area is 156 Å². The van der Waals surface area contributed by atoms with Crippen LogP contribution in [-0.4, -0.2) is 16.8 Å². The van der Waals surface area contributed by atoms with Crippen molar-refractivity contribution in [2.75, 3.05) is 4.90 Å². The van der Waals surface area contributed by atoms with Crippen LogP contribution in [-0.2, 0) is 4.79 Å². The summed E-state index contributed by atoms with van der Waals surface area (Å²) < 4.78 is 5.22. The van der Waals surface area contributed by atoms with Crippen LogP contribution in [0.5, 0.6) is 0 Å². The van der Waals surface area contributed by atoms with Gasteiger partial charge in [-0.3, -0.25) is 14.5 Å². The number of hydrogen-bond acceptors (Lipinski definition) is 4. The van der Waals surface area contributed by atoms with Gasteiger partial charge in [-0.15, -0.1) is 0 Å². The Bertz CT molecular complexity index is 1040. The quantitative estimate of drug-likeness (QED) is 0.702. The van der Waals surface area contributed by atoms with Crippen molar-refractivity contribution in [3.63, 3.8) is 0 Å². The number of rotatable bonds is 4. The van der Waals surface area contributed by atoms with Gasteiger partial charge in [-0.2, -0.15) is 0 Å². The SMILES string of the molecule is Cc1ccccc1N1C(=O)C(O)=C(C(=O)c2ccco2)C1c1ccccc1. The van der Waals surface area contributed by atoms with E-state index in [0.29, 0.717) is 5.69 Å². The molecule has 5 nitrogen and oxygen atoms in total. The van der Waals surface area contributed by atoms with Gasteiger partial charge in [0.05, 0.1) is 17.9 Å². The molecule has 2 heterocycles. The van der Waals surface area contributed by atoms with E-state index in [-0.39, 0.29) is 11.3 Å². The molecule has 4 rings (SSSR count). The van der Waals surface area contributed by atoms with Crippen LogP contribution in [0.1, 0.15) is 27.7 Å².